The third-order valence-corrected chi connectivity index (χ3v) is 2.01. The Labute approximate surface area is 99.2 Å². The molecule has 76 valence electrons. The van der Waals surface area contributed by atoms with Gasteiger partial charge in [-0.15, -0.1) is 0 Å². The zero-order chi connectivity index (χ0) is 11.1. The molecule has 2 nitrogen and oxygen atoms in total. The molecule has 0 aliphatic heterocycles. The third kappa shape index (κ3) is 3.83. The second-order valence-corrected chi connectivity index (χ2v) is 3.30. The lowest BCUT2D eigenvalue weighted by Crippen LogP contribution is -1.95. The van der Waals surface area contributed by atoms with E-state index in [0.29, 0.717) is 23.7 Å². The van der Waals surface area contributed by atoms with Crippen LogP contribution in [0.4, 0.5) is 5.69 Å². The van der Waals surface area contributed by atoms with Crippen molar-refractivity contribution in [3.05, 3.63) is 28.8 Å². The maximum Gasteiger partial charge on any atom is 0.0926 e. The van der Waals surface area contributed by atoms with Crippen LogP contribution in [0, 0.1) is 11.8 Å². The quantitative estimate of drug-likeness (QED) is 0.487. The first kappa shape index (κ1) is 11.9. The number of benzene rings is 1. The minimum Gasteiger partial charge on any atom is -0.330 e. The molecule has 0 bridgehead atoms. The minimum atomic E-state index is 0.520. The molecule has 0 aromatic heterocycles. The van der Waals surface area contributed by atoms with Gasteiger partial charge in [0.1, 0.15) is 0 Å². The predicted molar refractivity (Wildman–Crippen MR) is 66.7 cm³/mol. The molecule has 15 heavy (non-hydrogen) atoms. The topological polar surface area (TPSA) is 38.4 Å². The molecular formula is C11H9ClN2S. The van der Waals surface area contributed by atoms with Crippen LogP contribution < -0.4 is 5.73 Å². The van der Waals surface area contributed by atoms with E-state index in [9.17, 15) is 0 Å². The fourth-order valence-corrected chi connectivity index (χ4v) is 1.28. The minimum absolute atomic E-state index is 0.520. The highest BCUT2D eigenvalue weighted by Gasteiger charge is 1.97. The van der Waals surface area contributed by atoms with Crippen molar-refractivity contribution < 1.29 is 0 Å². The van der Waals surface area contributed by atoms with E-state index in [1.54, 1.807) is 12.1 Å². The van der Waals surface area contributed by atoms with Gasteiger partial charge < -0.3 is 5.73 Å². The predicted octanol–water partition coefficient (Wildman–Crippen LogP) is 2.77. The molecule has 1 aromatic rings. The first-order valence-corrected chi connectivity index (χ1v) is 5.13. The highest BCUT2D eigenvalue weighted by Crippen LogP contribution is 2.24. The van der Waals surface area contributed by atoms with Crippen molar-refractivity contribution in [1.82, 2.24) is 0 Å². The molecule has 0 saturated carbocycles. The summed E-state index contributed by atoms with van der Waals surface area (Å²) in [5, 5.41) is 2.79. The lowest BCUT2D eigenvalue weighted by molar-refractivity contribution is 1.03. The third-order valence-electron chi connectivity index (χ3n) is 1.62. The van der Waals surface area contributed by atoms with Gasteiger partial charge in [-0.05, 0) is 30.4 Å². The number of hydrogen-bond donors (Lipinski definition) is 1. The van der Waals surface area contributed by atoms with Crippen molar-refractivity contribution in [3.63, 3.8) is 0 Å². The van der Waals surface area contributed by atoms with Crippen LogP contribution in [0.3, 0.4) is 0 Å². The van der Waals surface area contributed by atoms with Crippen molar-refractivity contribution in [2.75, 3.05) is 6.54 Å². The zero-order valence-electron chi connectivity index (χ0n) is 7.96. The van der Waals surface area contributed by atoms with Gasteiger partial charge in [-0.3, -0.25) is 0 Å². The standard InChI is InChI=1S/C11H9ClN2S/c12-10-7-9(3-1-2-6-13)4-5-11(10)14-8-15/h4-5,7H,2,6,13H2. The smallest absolute Gasteiger partial charge is 0.0926 e. The molecule has 0 aliphatic carbocycles. The Hall–Kier alpha value is -1.17. The lowest BCUT2D eigenvalue weighted by atomic mass is 10.2. The first-order chi connectivity index (χ1) is 7.27. The van der Waals surface area contributed by atoms with E-state index in [1.165, 1.54) is 0 Å². The Kier molecular flexibility index (Phi) is 5.03. The second kappa shape index (κ2) is 6.34. The summed E-state index contributed by atoms with van der Waals surface area (Å²) in [5.74, 6) is 5.88. The Balaban J connectivity index is 2.92. The number of nitrogens with zero attached hydrogens (tertiary/aromatic N) is 1. The number of rotatable bonds is 2. The summed E-state index contributed by atoms with van der Waals surface area (Å²) in [6.45, 7) is 0.564. The summed E-state index contributed by atoms with van der Waals surface area (Å²) < 4.78 is 0. The maximum atomic E-state index is 5.95. The van der Waals surface area contributed by atoms with Crippen molar-refractivity contribution in [1.29, 1.82) is 0 Å². The van der Waals surface area contributed by atoms with Crippen LogP contribution in [0.1, 0.15) is 12.0 Å². The summed E-state index contributed by atoms with van der Waals surface area (Å²) in [4.78, 5) is 3.81. The van der Waals surface area contributed by atoms with Crippen LogP contribution in [0.25, 0.3) is 0 Å². The van der Waals surface area contributed by atoms with Gasteiger partial charge in [-0.1, -0.05) is 23.4 Å². The molecule has 0 aliphatic rings. The molecule has 0 unspecified atom stereocenters. The number of halogens is 1. The van der Waals surface area contributed by atoms with E-state index in [1.807, 2.05) is 6.07 Å². The molecule has 0 fully saturated rings. The van der Waals surface area contributed by atoms with Gasteiger partial charge >= 0.3 is 0 Å². The summed E-state index contributed by atoms with van der Waals surface area (Å²) in [5.41, 5.74) is 6.77. The van der Waals surface area contributed by atoms with E-state index in [4.69, 9.17) is 17.3 Å². The monoisotopic (exact) mass is 236 g/mol. The van der Waals surface area contributed by atoms with Crippen LogP contribution in [-0.4, -0.2) is 11.7 Å². The normalized spacial score (nSPS) is 8.67. The summed E-state index contributed by atoms with van der Waals surface area (Å²) in [6, 6.07) is 5.34. The van der Waals surface area contributed by atoms with E-state index in [2.05, 4.69) is 34.2 Å². The molecule has 0 spiro atoms. The first-order valence-electron chi connectivity index (χ1n) is 4.34. The van der Waals surface area contributed by atoms with Crippen LogP contribution in [0.2, 0.25) is 5.02 Å². The molecule has 4 heteroatoms. The summed E-state index contributed by atoms with van der Waals surface area (Å²) in [6.07, 6.45) is 0.678. The number of isothiocyanates is 1. The van der Waals surface area contributed by atoms with Gasteiger partial charge in [0.15, 0.2) is 0 Å². The van der Waals surface area contributed by atoms with Crippen LogP contribution >= 0.6 is 23.8 Å². The van der Waals surface area contributed by atoms with Crippen LogP contribution in [0.15, 0.2) is 23.2 Å². The molecule has 0 heterocycles. The van der Waals surface area contributed by atoms with Crippen molar-refractivity contribution in [3.8, 4) is 11.8 Å². The van der Waals surface area contributed by atoms with E-state index < -0.39 is 0 Å². The highest BCUT2D eigenvalue weighted by molar-refractivity contribution is 7.78. The lowest BCUT2D eigenvalue weighted by Gasteiger charge is -1.96. The zero-order valence-corrected chi connectivity index (χ0v) is 9.53. The maximum absolute atomic E-state index is 5.95. The average Bonchev–Trinajstić information content (AvgIpc) is 2.23. The van der Waals surface area contributed by atoms with Crippen LogP contribution in [0.5, 0.6) is 0 Å². The van der Waals surface area contributed by atoms with Crippen LogP contribution in [-0.2, 0) is 0 Å². The van der Waals surface area contributed by atoms with E-state index >= 15 is 0 Å². The fourth-order valence-electron chi connectivity index (χ4n) is 0.961. The van der Waals surface area contributed by atoms with Gasteiger partial charge in [-0.2, -0.15) is 4.99 Å². The Morgan fingerprint density at radius 3 is 2.87 bits per heavy atom. The molecule has 0 atom stereocenters. The second-order valence-electron chi connectivity index (χ2n) is 2.71. The van der Waals surface area contributed by atoms with E-state index in [-0.39, 0.29) is 0 Å². The molecular weight excluding hydrogens is 228 g/mol. The Bertz CT molecular complexity index is 453. The van der Waals surface area contributed by atoms with Crippen molar-refractivity contribution in [2.24, 2.45) is 10.7 Å². The molecule has 1 rings (SSSR count). The largest absolute Gasteiger partial charge is 0.330 e. The summed E-state index contributed by atoms with van der Waals surface area (Å²) in [7, 11) is 0. The molecule has 1 aromatic carbocycles. The average molecular weight is 237 g/mol. The van der Waals surface area contributed by atoms with Gasteiger partial charge in [0, 0.05) is 18.5 Å². The van der Waals surface area contributed by atoms with Gasteiger partial charge in [0.2, 0.25) is 0 Å². The Morgan fingerprint density at radius 1 is 1.47 bits per heavy atom. The number of hydrogen-bond acceptors (Lipinski definition) is 3. The van der Waals surface area contributed by atoms with Crippen molar-refractivity contribution in [2.45, 2.75) is 6.42 Å². The number of aliphatic imine (C=N–C) groups is 1. The molecule has 0 amide bonds. The van der Waals surface area contributed by atoms with Gasteiger partial charge in [0.05, 0.1) is 15.9 Å². The fraction of sp³-hybridized carbons (Fsp3) is 0.182. The molecule has 2 N–H and O–H groups in total. The van der Waals surface area contributed by atoms with E-state index in [0.717, 1.165) is 5.56 Å². The van der Waals surface area contributed by atoms with Gasteiger partial charge in [0.25, 0.3) is 0 Å². The number of thiocarbonyl (C=S) groups is 1. The molecule has 0 saturated heterocycles. The van der Waals surface area contributed by atoms with Crippen molar-refractivity contribution >= 4 is 34.7 Å². The highest BCUT2D eigenvalue weighted by atomic mass is 35.5. The number of nitrogens with two attached hydrogens (primary N) is 1. The van der Waals surface area contributed by atoms with Gasteiger partial charge in [-0.25, -0.2) is 0 Å². The SMILES string of the molecule is NCCC#Cc1ccc(N=C=S)c(Cl)c1. The Morgan fingerprint density at radius 2 is 2.27 bits per heavy atom. The summed E-state index contributed by atoms with van der Waals surface area (Å²) >= 11 is 10.4. The molecule has 0 radical (unpaired) electrons.